The van der Waals surface area contributed by atoms with Crippen molar-refractivity contribution in [1.82, 2.24) is 9.97 Å². The molecule has 15 heavy (non-hydrogen) atoms. The molecule has 1 saturated carbocycles. The first-order valence-corrected chi connectivity index (χ1v) is 5.82. The molecule has 4 nitrogen and oxygen atoms in total. The van der Waals surface area contributed by atoms with Crippen LogP contribution in [0.1, 0.15) is 12.8 Å². The van der Waals surface area contributed by atoms with Gasteiger partial charge in [-0.2, -0.15) is 5.26 Å². The van der Waals surface area contributed by atoms with Crippen LogP contribution in [0.25, 0.3) is 0 Å². The number of aromatic nitrogens is 2. The van der Waals surface area contributed by atoms with E-state index < -0.39 is 5.54 Å². The van der Waals surface area contributed by atoms with Gasteiger partial charge in [0.05, 0.1) is 12.3 Å². The summed E-state index contributed by atoms with van der Waals surface area (Å²) < 4.78 is 0. The Bertz CT molecular complexity index is 371. The Labute approximate surface area is 92.9 Å². The highest BCUT2D eigenvalue weighted by Crippen LogP contribution is 2.40. The molecule has 0 aliphatic heterocycles. The molecule has 0 bridgehead atoms. The summed E-state index contributed by atoms with van der Waals surface area (Å²) in [6.45, 7) is 0. The first kappa shape index (κ1) is 10.4. The van der Waals surface area contributed by atoms with E-state index in [0.717, 1.165) is 17.9 Å². The standard InChI is InChI=1S/C10H12N4S/c11-6-10(12,8-1-2-8)7-15-9-5-13-3-4-14-9/h3-5,8H,1-2,7,12H2. The summed E-state index contributed by atoms with van der Waals surface area (Å²) >= 11 is 1.50. The van der Waals surface area contributed by atoms with Crippen molar-refractivity contribution in [3.05, 3.63) is 18.6 Å². The van der Waals surface area contributed by atoms with Crippen LogP contribution in [0, 0.1) is 17.2 Å². The maximum atomic E-state index is 9.05. The Morgan fingerprint density at radius 2 is 2.40 bits per heavy atom. The van der Waals surface area contributed by atoms with Crippen LogP contribution in [0.3, 0.4) is 0 Å². The fraction of sp³-hybridized carbons (Fsp3) is 0.500. The molecule has 1 unspecified atom stereocenters. The van der Waals surface area contributed by atoms with Gasteiger partial charge >= 0.3 is 0 Å². The lowest BCUT2D eigenvalue weighted by molar-refractivity contribution is 0.532. The largest absolute Gasteiger partial charge is 0.312 e. The Hall–Kier alpha value is -1.12. The number of nitriles is 1. The molecule has 78 valence electrons. The van der Waals surface area contributed by atoms with E-state index in [4.69, 9.17) is 11.0 Å². The van der Waals surface area contributed by atoms with Gasteiger partial charge in [-0.3, -0.25) is 4.98 Å². The molecule has 0 amide bonds. The van der Waals surface area contributed by atoms with Gasteiger partial charge in [0.25, 0.3) is 0 Å². The molecule has 1 aliphatic rings. The molecule has 0 saturated heterocycles. The molecular weight excluding hydrogens is 208 g/mol. The van der Waals surface area contributed by atoms with Gasteiger partial charge in [0.1, 0.15) is 10.6 Å². The second kappa shape index (κ2) is 4.17. The van der Waals surface area contributed by atoms with Crippen LogP contribution in [0.4, 0.5) is 0 Å². The first-order chi connectivity index (χ1) is 7.24. The Kier molecular flexibility index (Phi) is 2.89. The van der Waals surface area contributed by atoms with Crippen LogP contribution in [-0.2, 0) is 0 Å². The van der Waals surface area contributed by atoms with Gasteiger partial charge in [0, 0.05) is 18.1 Å². The van der Waals surface area contributed by atoms with E-state index in [-0.39, 0.29) is 0 Å². The summed E-state index contributed by atoms with van der Waals surface area (Å²) in [5, 5.41) is 9.87. The van der Waals surface area contributed by atoms with Crippen molar-refractivity contribution in [2.75, 3.05) is 5.75 Å². The average molecular weight is 220 g/mol. The molecule has 1 aliphatic carbocycles. The fourth-order valence-electron chi connectivity index (χ4n) is 1.39. The number of hydrogen-bond acceptors (Lipinski definition) is 5. The predicted octanol–water partition coefficient (Wildman–Crippen LogP) is 1.20. The topological polar surface area (TPSA) is 75.6 Å². The summed E-state index contributed by atoms with van der Waals surface area (Å²) in [4.78, 5) is 8.10. The van der Waals surface area contributed by atoms with Crippen LogP contribution < -0.4 is 5.73 Å². The van der Waals surface area contributed by atoms with Gasteiger partial charge in [0.2, 0.25) is 0 Å². The van der Waals surface area contributed by atoms with Crippen LogP contribution in [0.2, 0.25) is 0 Å². The van der Waals surface area contributed by atoms with E-state index in [9.17, 15) is 0 Å². The molecule has 2 N–H and O–H groups in total. The minimum absolute atomic E-state index is 0.367. The molecular formula is C10H12N4S. The van der Waals surface area contributed by atoms with Gasteiger partial charge in [-0.25, -0.2) is 4.98 Å². The van der Waals surface area contributed by atoms with Gasteiger partial charge in [-0.05, 0) is 18.8 Å². The molecule has 1 fully saturated rings. The summed E-state index contributed by atoms with van der Waals surface area (Å²) in [5.41, 5.74) is 5.33. The van der Waals surface area contributed by atoms with Gasteiger partial charge < -0.3 is 5.73 Å². The molecule has 1 atom stereocenters. The van der Waals surface area contributed by atoms with Crippen LogP contribution in [0.15, 0.2) is 23.6 Å². The van der Waals surface area contributed by atoms with E-state index in [1.165, 1.54) is 11.8 Å². The third-order valence-corrected chi connectivity index (χ3v) is 3.64. The smallest absolute Gasteiger partial charge is 0.116 e. The second-order valence-corrected chi connectivity index (χ2v) is 4.75. The normalized spacial score (nSPS) is 19.2. The van der Waals surface area contributed by atoms with Crippen molar-refractivity contribution in [2.24, 2.45) is 11.7 Å². The maximum Gasteiger partial charge on any atom is 0.116 e. The molecule has 1 aromatic heterocycles. The lowest BCUT2D eigenvalue weighted by atomic mass is 10.00. The van der Waals surface area contributed by atoms with E-state index in [0.29, 0.717) is 11.7 Å². The summed E-state index contributed by atoms with van der Waals surface area (Å²) in [7, 11) is 0. The molecule has 1 heterocycles. The monoisotopic (exact) mass is 220 g/mol. The van der Waals surface area contributed by atoms with E-state index >= 15 is 0 Å². The van der Waals surface area contributed by atoms with Crippen molar-refractivity contribution >= 4 is 11.8 Å². The van der Waals surface area contributed by atoms with Crippen molar-refractivity contribution in [3.63, 3.8) is 0 Å². The quantitative estimate of drug-likeness (QED) is 0.772. The molecule has 2 rings (SSSR count). The number of nitrogens with two attached hydrogens (primary N) is 1. The number of thioether (sulfide) groups is 1. The molecule has 1 aromatic rings. The lowest BCUT2D eigenvalue weighted by Gasteiger charge is -2.19. The SMILES string of the molecule is N#CC(N)(CSc1cnccn1)C1CC1. The molecule has 0 spiro atoms. The lowest BCUT2D eigenvalue weighted by Crippen LogP contribution is -2.43. The maximum absolute atomic E-state index is 9.05. The zero-order valence-corrected chi connectivity index (χ0v) is 9.07. The highest BCUT2D eigenvalue weighted by molar-refractivity contribution is 7.99. The molecule has 0 radical (unpaired) electrons. The Morgan fingerprint density at radius 1 is 1.60 bits per heavy atom. The highest BCUT2D eigenvalue weighted by atomic mass is 32.2. The fourth-order valence-corrected chi connectivity index (χ4v) is 2.35. The van der Waals surface area contributed by atoms with E-state index in [1.54, 1.807) is 18.6 Å². The Balaban J connectivity index is 1.95. The minimum atomic E-state index is -0.692. The number of hydrogen-bond donors (Lipinski definition) is 1. The first-order valence-electron chi connectivity index (χ1n) is 4.83. The van der Waals surface area contributed by atoms with Crippen LogP contribution >= 0.6 is 11.8 Å². The summed E-state index contributed by atoms with van der Waals surface area (Å²) in [5.74, 6) is 0.957. The molecule has 5 heteroatoms. The number of nitrogens with zero attached hydrogens (tertiary/aromatic N) is 3. The zero-order valence-electron chi connectivity index (χ0n) is 8.26. The third-order valence-electron chi connectivity index (χ3n) is 2.51. The van der Waals surface area contributed by atoms with Crippen molar-refractivity contribution in [3.8, 4) is 6.07 Å². The van der Waals surface area contributed by atoms with Gasteiger partial charge in [-0.15, -0.1) is 11.8 Å². The van der Waals surface area contributed by atoms with E-state index in [2.05, 4.69) is 16.0 Å². The zero-order chi connectivity index (χ0) is 10.7. The Morgan fingerprint density at radius 3 is 2.93 bits per heavy atom. The predicted molar refractivity (Wildman–Crippen MR) is 58.0 cm³/mol. The van der Waals surface area contributed by atoms with Gasteiger partial charge in [0.15, 0.2) is 0 Å². The summed E-state index contributed by atoms with van der Waals surface area (Å²) in [6, 6.07) is 2.22. The van der Waals surface area contributed by atoms with Crippen molar-refractivity contribution in [2.45, 2.75) is 23.4 Å². The number of rotatable bonds is 4. The average Bonchev–Trinajstić information content (AvgIpc) is 3.11. The van der Waals surface area contributed by atoms with Gasteiger partial charge in [-0.1, -0.05) is 0 Å². The second-order valence-electron chi connectivity index (χ2n) is 3.76. The minimum Gasteiger partial charge on any atom is -0.312 e. The van der Waals surface area contributed by atoms with E-state index in [1.807, 2.05) is 0 Å². The highest BCUT2D eigenvalue weighted by Gasteiger charge is 2.42. The van der Waals surface area contributed by atoms with Crippen LogP contribution in [-0.4, -0.2) is 21.3 Å². The van der Waals surface area contributed by atoms with Crippen molar-refractivity contribution in [1.29, 1.82) is 5.26 Å². The van der Waals surface area contributed by atoms with Crippen LogP contribution in [0.5, 0.6) is 0 Å². The molecule has 0 aromatic carbocycles. The van der Waals surface area contributed by atoms with Crippen molar-refractivity contribution < 1.29 is 0 Å². The third kappa shape index (κ3) is 2.46. The summed E-state index contributed by atoms with van der Waals surface area (Å²) in [6.07, 6.45) is 7.11.